The fourth-order valence-electron chi connectivity index (χ4n) is 3.18. The molecule has 0 bridgehead atoms. The van der Waals surface area contributed by atoms with Gasteiger partial charge in [-0.1, -0.05) is 0 Å². The van der Waals surface area contributed by atoms with E-state index in [1.54, 1.807) is 0 Å². The molecule has 0 spiro atoms. The third kappa shape index (κ3) is 5.61. The van der Waals surface area contributed by atoms with Crippen LogP contribution in [0.5, 0.6) is 11.5 Å². The number of halogens is 5. The predicted molar refractivity (Wildman–Crippen MR) is 112 cm³/mol. The van der Waals surface area contributed by atoms with Gasteiger partial charge in [-0.05, 0) is 60.7 Å². The van der Waals surface area contributed by atoms with Crippen LogP contribution in [0.4, 0.5) is 27.8 Å². The standard InChI is InChI=1S/C23H16F5N3O3/c24-15-3-8-17(9-4-15)33-12-11-20(32)30-22-21(31-13-16(25)5-10-19(31)29-22)14-1-6-18(7-2-14)34-23(26,27)28/h1-10,13H,11-12H2,(H,30,32). The molecule has 0 unspecified atom stereocenters. The summed E-state index contributed by atoms with van der Waals surface area (Å²) in [7, 11) is 0. The molecular weight excluding hydrogens is 461 g/mol. The number of nitrogens with zero attached hydrogens (tertiary/aromatic N) is 2. The number of rotatable bonds is 7. The van der Waals surface area contributed by atoms with Gasteiger partial charge in [0.25, 0.3) is 0 Å². The van der Waals surface area contributed by atoms with Crippen molar-refractivity contribution >= 4 is 17.4 Å². The Labute approximate surface area is 189 Å². The van der Waals surface area contributed by atoms with E-state index in [4.69, 9.17) is 4.74 Å². The van der Waals surface area contributed by atoms with Crippen molar-refractivity contribution in [3.63, 3.8) is 0 Å². The summed E-state index contributed by atoms with van der Waals surface area (Å²) < 4.78 is 74.8. The van der Waals surface area contributed by atoms with E-state index < -0.39 is 29.7 Å². The topological polar surface area (TPSA) is 64.9 Å². The zero-order valence-corrected chi connectivity index (χ0v) is 17.3. The fourth-order valence-corrected chi connectivity index (χ4v) is 3.18. The average molecular weight is 477 g/mol. The van der Waals surface area contributed by atoms with E-state index in [0.717, 1.165) is 18.3 Å². The summed E-state index contributed by atoms with van der Waals surface area (Å²) in [5, 5.41) is 2.62. The van der Waals surface area contributed by atoms with Crippen molar-refractivity contribution in [2.24, 2.45) is 0 Å². The number of carbonyl (C=O) groups is 1. The third-order valence-corrected chi connectivity index (χ3v) is 4.61. The molecule has 6 nitrogen and oxygen atoms in total. The van der Waals surface area contributed by atoms with E-state index in [1.807, 2.05) is 0 Å². The largest absolute Gasteiger partial charge is 0.573 e. The summed E-state index contributed by atoms with van der Waals surface area (Å²) >= 11 is 0. The van der Waals surface area contributed by atoms with Crippen molar-refractivity contribution in [3.05, 3.63) is 78.5 Å². The van der Waals surface area contributed by atoms with Crippen LogP contribution in [0, 0.1) is 11.6 Å². The number of benzene rings is 2. The molecule has 4 rings (SSSR count). The van der Waals surface area contributed by atoms with Crippen molar-refractivity contribution in [2.75, 3.05) is 11.9 Å². The number of aromatic nitrogens is 2. The van der Waals surface area contributed by atoms with Gasteiger partial charge in [0, 0.05) is 11.8 Å². The van der Waals surface area contributed by atoms with Gasteiger partial charge in [0.2, 0.25) is 5.91 Å². The van der Waals surface area contributed by atoms with E-state index in [9.17, 15) is 26.7 Å². The Kier molecular flexibility index (Phi) is 6.35. The highest BCUT2D eigenvalue weighted by atomic mass is 19.4. The van der Waals surface area contributed by atoms with Gasteiger partial charge in [0.1, 0.15) is 28.8 Å². The smallest absolute Gasteiger partial charge is 0.493 e. The van der Waals surface area contributed by atoms with Crippen LogP contribution >= 0.6 is 0 Å². The lowest BCUT2D eigenvalue weighted by Crippen LogP contribution is -2.17. The minimum atomic E-state index is -4.84. The molecule has 0 atom stereocenters. The van der Waals surface area contributed by atoms with Crippen molar-refractivity contribution in [1.29, 1.82) is 0 Å². The second kappa shape index (κ2) is 9.38. The van der Waals surface area contributed by atoms with Gasteiger partial charge in [-0.2, -0.15) is 0 Å². The Morgan fingerprint density at radius 1 is 0.912 bits per heavy atom. The van der Waals surface area contributed by atoms with E-state index in [2.05, 4.69) is 15.0 Å². The SMILES string of the molecule is O=C(CCOc1ccc(F)cc1)Nc1nc2ccc(F)cn2c1-c1ccc(OC(F)(F)F)cc1. The monoisotopic (exact) mass is 477 g/mol. The first kappa shape index (κ1) is 23.0. The lowest BCUT2D eigenvalue weighted by Gasteiger charge is -2.11. The first-order valence-corrected chi connectivity index (χ1v) is 9.90. The van der Waals surface area contributed by atoms with Crippen molar-refractivity contribution in [2.45, 2.75) is 12.8 Å². The first-order chi connectivity index (χ1) is 16.2. The molecule has 0 aliphatic heterocycles. The van der Waals surface area contributed by atoms with E-state index >= 15 is 0 Å². The molecule has 4 aromatic rings. The number of hydrogen-bond donors (Lipinski definition) is 1. The predicted octanol–water partition coefficient (Wildman–Crippen LogP) is 5.59. The summed E-state index contributed by atoms with van der Waals surface area (Å²) in [6, 6.07) is 12.8. The second-order valence-electron chi connectivity index (χ2n) is 7.06. The van der Waals surface area contributed by atoms with Gasteiger partial charge in [0.15, 0.2) is 5.82 Å². The van der Waals surface area contributed by atoms with E-state index in [-0.39, 0.29) is 24.5 Å². The zero-order chi connectivity index (χ0) is 24.3. The van der Waals surface area contributed by atoms with Gasteiger partial charge in [0.05, 0.1) is 18.7 Å². The van der Waals surface area contributed by atoms with E-state index in [1.165, 1.54) is 52.9 Å². The average Bonchev–Trinajstić information content (AvgIpc) is 3.11. The molecule has 0 saturated carbocycles. The Hall–Kier alpha value is -4.15. The highest BCUT2D eigenvalue weighted by Crippen LogP contribution is 2.32. The van der Waals surface area contributed by atoms with Gasteiger partial charge in [-0.15, -0.1) is 13.2 Å². The molecule has 2 aromatic heterocycles. The second-order valence-corrected chi connectivity index (χ2v) is 7.06. The van der Waals surface area contributed by atoms with Crippen molar-refractivity contribution in [1.82, 2.24) is 9.38 Å². The number of ether oxygens (including phenoxy) is 2. The number of nitrogens with one attached hydrogen (secondary N) is 1. The lowest BCUT2D eigenvalue weighted by atomic mass is 10.1. The van der Waals surface area contributed by atoms with Gasteiger partial charge >= 0.3 is 6.36 Å². The van der Waals surface area contributed by atoms with Crippen LogP contribution in [0.3, 0.4) is 0 Å². The van der Waals surface area contributed by atoms with Crippen LogP contribution in [0.1, 0.15) is 6.42 Å². The minimum absolute atomic E-state index is 0.00171. The molecule has 2 aromatic carbocycles. The molecule has 0 aliphatic carbocycles. The highest BCUT2D eigenvalue weighted by Gasteiger charge is 2.31. The molecule has 0 saturated heterocycles. The summed E-state index contributed by atoms with van der Waals surface area (Å²) in [4.78, 5) is 16.8. The van der Waals surface area contributed by atoms with E-state index in [0.29, 0.717) is 17.0 Å². The number of hydrogen-bond acceptors (Lipinski definition) is 4. The number of fused-ring (bicyclic) bond motifs is 1. The first-order valence-electron chi connectivity index (χ1n) is 9.90. The summed E-state index contributed by atoms with van der Waals surface area (Å²) in [5.74, 6) is -1.42. The number of carbonyl (C=O) groups excluding carboxylic acids is 1. The molecule has 2 heterocycles. The molecular formula is C23H16F5N3O3. The number of amides is 1. The molecule has 0 fully saturated rings. The van der Waals surface area contributed by atoms with Crippen LogP contribution in [-0.2, 0) is 4.79 Å². The Balaban J connectivity index is 1.54. The molecule has 176 valence electrons. The normalized spacial score (nSPS) is 11.4. The summed E-state index contributed by atoms with van der Waals surface area (Å²) in [6.07, 6.45) is -3.77. The van der Waals surface area contributed by atoms with Crippen molar-refractivity contribution in [3.8, 4) is 22.8 Å². The van der Waals surface area contributed by atoms with Gasteiger partial charge in [-0.3, -0.25) is 9.20 Å². The third-order valence-electron chi connectivity index (χ3n) is 4.61. The number of pyridine rings is 1. The molecule has 0 radical (unpaired) electrons. The van der Waals surface area contributed by atoms with Crippen LogP contribution in [0.25, 0.3) is 16.9 Å². The summed E-state index contributed by atoms with van der Waals surface area (Å²) in [5.41, 5.74) is 0.941. The number of imidazole rings is 1. The highest BCUT2D eigenvalue weighted by molar-refractivity contribution is 5.94. The molecule has 11 heteroatoms. The maximum Gasteiger partial charge on any atom is 0.573 e. The van der Waals surface area contributed by atoms with Gasteiger partial charge < -0.3 is 14.8 Å². The lowest BCUT2D eigenvalue weighted by molar-refractivity contribution is -0.274. The maximum atomic E-state index is 13.9. The Morgan fingerprint density at radius 3 is 2.24 bits per heavy atom. The van der Waals surface area contributed by atoms with Crippen molar-refractivity contribution < 1.29 is 36.2 Å². The minimum Gasteiger partial charge on any atom is -0.493 e. The molecule has 34 heavy (non-hydrogen) atoms. The Morgan fingerprint density at radius 2 is 1.56 bits per heavy atom. The van der Waals surface area contributed by atoms with Crippen LogP contribution in [0.2, 0.25) is 0 Å². The molecule has 1 amide bonds. The number of alkyl halides is 3. The van der Waals surface area contributed by atoms with Crippen LogP contribution < -0.4 is 14.8 Å². The Bertz CT molecular complexity index is 1300. The maximum absolute atomic E-state index is 13.9. The fraction of sp³-hybridized carbons (Fsp3) is 0.130. The van der Waals surface area contributed by atoms with Gasteiger partial charge in [-0.25, -0.2) is 13.8 Å². The number of anilines is 1. The molecule has 0 aliphatic rings. The van der Waals surface area contributed by atoms with Crippen LogP contribution in [0.15, 0.2) is 66.9 Å². The molecule has 1 N–H and O–H groups in total. The van der Waals surface area contributed by atoms with Crippen LogP contribution in [-0.4, -0.2) is 28.3 Å². The zero-order valence-electron chi connectivity index (χ0n) is 17.3. The quantitative estimate of drug-likeness (QED) is 0.353. The summed E-state index contributed by atoms with van der Waals surface area (Å²) in [6.45, 7) is -0.00171.